The molecule has 1 saturated heterocycles. The first-order chi connectivity index (χ1) is 15.0. The van der Waals surface area contributed by atoms with Crippen LogP contribution in [0.2, 0.25) is 0 Å². The van der Waals surface area contributed by atoms with Gasteiger partial charge in [-0.1, -0.05) is 6.07 Å². The number of carbonyl (C=O) groups is 2. The van der Waals surface area contributed by atoms with Crippen LogP contribution in [0, 0.1) is 0 Å². The Morgan fingerprint density at radius 3 is 2.16 bits per heavy atom. The van der Waals surface area contributed by atoms with Gasteiger partial charge >= 0.3 is 0 Å². The van der Waals surface area contributed by atoms with Crippen molar-refractivity contribution in [3.8, 4) is 17.2 Å². The van der Waals surface area contributed by atoms with Crippen LogP contribution in [0.25, 0.3) is 6.08 Å². The minimum absolute atomic E-state index is 0.198. The van der Waals surface area contributed by atoms with Gasteiger partial charge in [-0.3, -0.25) is 9.59 Å². The molecule has 2 aromatic rings. The van der Waals surface area contributed by atoms with Crippen LogP contribution in [-0.2, 0) is 4.79 Å². The molecule has 0 atom stereocenters. The summed E-state index contributed by atoms with van der Waals surface area (Å²) in [5.41, 5.74) is 1.37. The zero-order valence-electron chi connectivity index (χ0n) is 18.1. The smallest absolute Gasteiger partial charge is 0.270 e. The van der Waals surface area contributed by atoms with Crippen molar-refractivity contribution in [1.29, 1.82) is 0 Å². The van der Waals surface area contributed by atoms with E-state index >= 15 is 0 Å². The fourth-order valence-corrected chi connectivity index (χ4v) is 3.46. The molecule has 3 rings (SSSR count). The van der Waals surface area contributed by atoms with Crippen molar-refractivity contribution in [3.05, 3.63) is 59.3 Å². The van der Waals surface area contributed by atoms with E-state index in [1.807, 2.05) is 6.07 Å². The van der Waals surface area contributed by atoms with E-state index in [1.165, 1.54) is 0 Å². The predicted octanol–water partition coefficient (Wildman–Crippen LogP) is 3.50. The molecule has 2 aromatic carbocycles. The molecular formula is C24H28N2O5. The Morgan fingerprint density at radius 2 is 1.55 bits per heavy atom. The largest absolute Gasteiger partial charge is 0.497 e. The molecule has 0 bridgehead atoms. The fourth-order valence-electron chi connectivity index (χ4n) is 3.46. The number of hydrogen-bond acceptors (Lipinski definition) is 5. The number of nitrogens with zero attached hydrogens (tertiary/aromatic N) is 1. The summed E-state index contributed by atoms with van der Waals surface area (Å²) in [7, 11) is 4.68. The van der Waals surface area contributed by atoms with Crippen molar-refractivity contribution >= 4 is 17.9 Å². The summed E-state index contributed by atoms with van der Waals surface area (Å²) >= 11 is 0. The number of carbonyl (C=O) groups excluding carboxylic acids is 2. The van der Waals surface area contributed by atoms with E-state index in [0.29, 0.717) is 41.5 Å². The predicted molar refractivity (Wildman–Crippen MR) is 118 cm³/mol. The number of rotatable bonds is 7. The van der Waals surface area contributed by atoms with Crippen LogP contribution < -0.4 is 19.5 Å². The highest BCUT2D eigenvalue weighted by atomic mass is 16.5. The first-order valence-electron chi connectivity index (χ1n) is 10.2. The van der Waals surface area contributed by atoms with E-state index in [2.05, 4.69) is 5.32 Å². The minimum Gasteiger partial charge on any atom is -0.497 e. The molecule has 0 saturated carbocycles. The fraction of sp³-hybridized carbons (Fsp3) is 0.333. The van der Waals surface area contributed by atoms with Crippen LogP contribution in [-0.4, -0.2) is 51.1 Å². The third-order valence-electron chi connectivity index (χ3n) is 5.19. The van der Waals surface area contributed by atoms with Crippen molar-refractivity contribution < 1.29 is 23.8 Å². The summed E-state index contributed by atoms with van der Waals surface area (Å²) < 4.78 is 15.8. The Bertz CT molecular complexity index is 947. The lowest BCUT2D eigenvalue weighted by atomic mass is 10.1. The summed E-state index contributed by atoms with van der Waals surface area (Å²) in [6.07, 6.45) is 4.70. The number of nitrogens with one attached hydrogen (secondary N) is 1. The lowest BCUT2D eigenvalue weighted by Gasteiger charge is -2.27. The SMILES string of the molecule is COc1ccc(C(=O)NC(=Cc2ccc(OC)c(OC)c2)C(=O)N2CCCCC2)cc1. The van der Waals surface area contributed by atoms with Gasteiger partial charge in [0.2, 0.25) is 0 Å². The van der Waals surface area contributed by atoms with Crippen molar-refractivity contribution in [2.75, 3.05) is 34.4 Å². The van der Waals surface area contributed by atoms with Crippen molar-refractivity contribution in [3.63, 3.8) is 0 Å². The number of hydrogen-bond donors (Lipinski definition) is 1. The maximum absolute atomic E-state index is 13.2. The molecule has 0 unspecified atom stereocenters. The second-order valence-electron chi connectivity index (χ2n) is 7.21. The van der Waals surface area contributed by atoms with Gasteiger partial charge in [-0.25, -0.2) is 0 Å². The average molecular weight is 424 g/mol. The zero-order valence-corrected chi connectivity index (χ0v) is 18.1. The Morgan fingerprint density at radius 1 is 0.871 bits per heavy atom. The minimum atomic E-state index is -0.361. The van der Waals surface area contributed by atoms with Crippen molar-refractivity contribution in [2.45, 2.75) is 19.3 Å². The standard InChI is InChI=1S/C24H28N2O5/c1-29-19-10-8-18(9-11-19)23(27)25-20(24(28)26-13-5-4-6-14-26)15-17-7-12-21(30-2)22(16-17)31-3/h7-12,15-16H,4-6,13-14H2,1-3H3,(H,25,27). The van der Waals surface area contributed by atoms with E-state index in [1.54, 1.807) is 68.7 Å². The Labute approximate surface area is 182 Å². The molecule has 1 aliphatic rings. The summed E-state index contributed by atoms with van der Waals surface area (Å²) in [5.74, 6) is 1.23. The molecule has 1 fully saturated rings. The van der Waals surface area contributed by atoms with Gasteiger partial charge < -0.3 is 24.4 Å². The molecule has 0 aliphatic carbocycles. The first-order valence-corrected chi connectivity index (χ1v) is 10.2. The highest BCUT2D eigenvalue weighted by molar-refractivity contribution is 6.05. The zero-order chi connectivity index (χ0) is 22.2. The molecule has 7 nitrogen and oxygen atoms in total. The molecule has 0 radical (unpaired) electrons. The third kappa shape index (κ3) is 5.57. The van der Waals surface area contributed by atoms with Crippen LogP contribution in [0.1, 0.15) is 35.2 Å². The molecule has 31 heavy (non-hydrogen) atoms. The molecular weight excluding hydrogens is 396 g/mol. The maximum atomic E-state index is 13.2. The normalized spacial score (nSPS) is 14.0. The molecule has 0 aromatic heterocycles. The van der Waals surface area contributed by atoms with Crippen molar-refractivity contribution in [1.82, 2.24) is 10.2 Å². The number of ether oxygens (including phenoxy) is 3. The summed E-state index contributed by atoms with van der Waals surface area (Å²) in [6.45, 7) is 1.36. The van der Waals surface area contributed by atoms with Crippen LogP contribution in [0.4, 0.5) is 0 Å². The summed E-state index contributed by atoms with van der Waals surface area (Å²) in [6, 6.07) is 12.1. The highest BCUT2D eigenvalue weighted by Gasteiger charge is 2.22. The van der Waals surface area contributed by atoms with Crippen LogP contribution in [0.5, 0.6) is 17.2 Å². The number of benzene rings is 2. The van der Waals surface area contributed by atoms with Gasteiger partial charge in [-0.2, -0.15) is 0 Å². The monoisotopic (exact) mass is 424 g/mol. The van der Waals surface area contributed by atoms with E-state index in [0.717, 1.165) is 19.3 Å². The lowest BCUT2D eigenvalue weighted by molar-refractivity contribution is -0.128. The molecule has 7 heteroatoms. The quantitative estimate of drug-likeness (QED) is 0.689. The van der Waals surface area contributed by atoms with Crippen LogP contribution in [0.15, 0.2) is 48.2 Å². The maximum Gasteiger partial charge on any atom is 0.270 e. The second kappa shape index (κ2) is 10.5. The second-order valence-corrected chi connectivity index (χ2v) is 7.21. The van der Waals surface area contributed by atoms with Crippen LogP contribution >= 0.6 is 0 Å². The number of amides is 2. The molecule has 0 spiro atoms. The van der Waals surface area contributed by atoms with Crippen LogP contribution in [0.3, 0.4) is 0 Å². The van der Waals surface area contributed by atoms with Gasteiger partial charge in [0.25, 0.3) is 11.8 Å². The van der Waals surface area contributed by atoms with Gasteiger partial charge in [-0.15, -0.1) is 0 Å². The molecule has 2 amide bonds. The average Bonchev–Trinajstić information content (AvgIpc) is 2.83. The topological polar surface area (TPSA) is 77.1 Å². The van der Waals surface area contributed by atoms with Gasteiger partial charge in [0.1, 0.15) is 11.4 Å². The number of piperidine rings is 1. The molecule has 1 aliphatic heterocycles. The van der Waals surface area contributed by atoms with E-state index < -0.39 is 0 Å². The summed E-state index contributed by atoms with van der Waals surface area (Å²) in [4.78, 5) is 27.8. The van der Waals surface area contributed by atoms with E-state index in [-0.39, 0.29) is 17.5 Å². The Balaban J connectivity index is 1.91. The van der Waals surface area contributed by atoms with E-state index in [4.69, 9.17) is 14.2 Å². The Kier molecular flexibility index (Phi) is 7.54. The third-order valence-corrected chi connectivity index (χ3v) is 5.19. The van der Waals surface area contributed by atoms with Gasteiger partial charge in [0.15, 0.2) is 11.5 Å². The van der Waals surface area contributed by atoms with E-state index in [9.17, 15) is 9.59 Å². The number of methoxy groups -OCH3 is 3. The number of likely N-dealkylation sites (tertiary alicyclic amines) is 1. The van der Waals surface area contributed by atoms with Crippen molar-refractivity contribution in [2.24, 2.45) is 0 Å². The molecule has 1 heterocycles. The lowest BCUT2D eigenvalue weighted by Crippen LogP contribution is -2.41. The molecule has 164 valence electrons. The molecule has 1 N–H and O–H groups in total. The van der Waals surface area contributed by atoms with Gasteiger partial charge in [0, 0.05) is 18.7 Å². The first kappa shape index (κ1) is 22.2. The van der Waals surface area contributed by atoms with Gasteiger partial charge in [-0.05, 0) is 67.3 Å². The summed E-state index contributed by atoms with van der Waals surface area (Å²) in [5, 5.41) is 2.80. The Hall–Kier alpha value is -3.48. The highest BCUT2D eigenvalue weighted by Crippen LogP contribution is 2.28. The van der Waals surface area contributed by atoms with Gasteiger partial charge in [0.05, 0.1) is 21.3 Å².